The van der Waals surface area contributed by atoms with Crippen LogP contribution in [0.4, 0.5) is 11.4 Å². The molecule has 1 unspecified atom stereocenters. The van der Waals surface area contributed by atoms with Crippen molar-refractivity contribution in [1.29, 1.82) is 0 Å². The van der Waals surface area contributed by atoms with E-state index >= 15 is 0 Å². The van der Waals surface area contributed by atoms with E-state index in [4.69, 9.17) is 5.73 Å². The Balaban J connectivity index is 2.00. The van der Waals surface area contributed by atoms with Crippen molar-refractivity contribution < 1.29 is 9.90 Å². The van der Waals surface area contributed by atoms with E-state index < -0.39 is 12.0 Å². The Morgan fingerprint density at radius 2 is 2.30 bits per heavy atom. The van der Waals surface area contributed by atoms with Crippen LogP contribution < -0.4 is 16.0 Å². The molecule has 1 aromatic carbocycles. The van der Waals surface area contributed by atoms with Crippen molar-refractivity contribution in [1.82, 2.24) is 5.32 Å². The van der Waals surface area contributed by atoms with E-state index in [1.807, 2.05) is 30.1 Å². The number of nitrogens with two attached hydrogens (primary N) is 1. The molecule has 0 bridgehead atoms. The predicted molar refractivity (Wildman–Crippen MR) is 78.4 cm³/mol. The van der Waals surface area contributed by atoms with Gasteiger partial charge in [-0.25, -0.2) is 4.79 Å². The number of fused-ring (bicyclic) bond motifs is 1. The molecule has 0 aromatic heterocycles. The monoisotopic (exact) mass is 273 g/mol. The molecule has 0 amide bonds. The molecule has 0 saturated heterocycles. The van der Waals surface area contributed by atoms with Crippen LogP contribution in [-0.4, -0.2) is 24.2 Å². The summed E-state index contributed by atoms with van der Waals surface area (Å²) in [6.45, 7) is 0. The maximum absolute atomic E-state index is 11.3. The number of rotatable bonds is 1. The van der Waals surface area contributed by atoms with Crippen LogP contribution in [0.3, 0.4) is 0 Å². The third-order valence-corrected chi connectivity index (χ3v) is 4.19. The molecule has 20 heavy (non-hydrogen) atoms. The molecule has 3 rings (SSSR count). The highest BCUT2D eigenvalue weighted by Gasteiger charge is 2.29. The standard InChI is InChI=1S/C15H19N3O2/c1-18-13-7-3-5-11(16)10(13)8-9-4-2-6-12(15(19)20)17-14(9)18/h3,5,7,12,17H,2,4,6,8,16H2,1H3,(H,19,20). The molecule has 5 heteroatoms. The molecule has 0 fully saturated rings. The van der Waals surface area contributed by atoms with Gasteiger partial charge in [0.15, 0.2) is 0 Å². The van der Waals surface area contributed by atoms with Crippen LogP contribution in [0.25, 0.3) is 0 Å². The van der Waals surface area contributed by atoms with E-state index in [1.165, 1.54) is 5.57 Å². The zero-order valence-corrected chi connectivity index (χ0v) is 11.5. The minimum absolute atomic E-state index is 0.507. The molecule has 1 aromatic rings. The molecule has 2 aliphatic heterocycles. The van der Waals surface area contributed by atoms with E-state index in [1.54, 1.807) is 0 Å². The van der Waals surface area contributed by atoms with Crippen molar-refractivity contribution in [3.63, 3.8) is 0 Å². The Bertz CT molecular complexity index is 595. The molecular weight excluding hydrogens is 254 g/mol. The molecule has 0 aliphatic carbocycles. The molecule has 106 valence electrons. The van der Waals surface area contributed by atoms with Crippen molar-refractivity contribution in [2.75, 3.05) is 17.7 Å². The van der Waals surface area contributed by atoms with Crippen LogP contribution in [0.2, 0.25) is 0 Å². The first-order chi connectivity index (χ1) is 9.58. The second-order valence-electron chi connectivity index (χ2n) is 5.46. The first-order valence-electron chi connectivity index (χ1n) is 6.90. The van der Waals surface area contributed by atoms with Crippen LogP contribution in [0.15, 0.2) is 29.6 Å². The normalized spacial score (nSPS) is 21.6. The van der Waals surface area contributed by atoms with Gasteiger partial charge in [-0.2, -0.15) is 0 Å². The molecule has 2 aliphatic rings. The summed E-state index contributed by atoms with van der Waals surface area (Å²) in [5.41, 5.74) is 10.3. The van der Waals surface area contributed by atoms with Gasteiger partial charge in [-0.3, -0.25) is 0 Å². The Labute approximate surface area is 118 Å². The zero-order valence-electron chi connectivity index (χ0n) is 11.5. The molecule has 0 radical (unpaired) electrons. The van der Waals surface area contributed by atoms with Crippen LogP contribution in [0.5, 0.6) is 0 Å². The Morgan fingerprint density at radius 3 is 3.05 bits per heavy atom. The van der Waals surface area contributed by atoms with Gasteiger partial charge in [0.05, 0.1) is 0 Å². The van der Waals surface area contributed by atoms with Gasteiger partial charge >= 0.3 is 5.97 Å². The van der Waals surface area contributed by atoms with Gasteiger partial charge in [0, 0.05) is 30.4 Å². The summed E-state index contributed by atoms with van der Waals surface area (Å²) in [7, 11) is 1.96. The summed E-state index contributed by atoms with van der Waals surface area (Å²) >= 11 is 0. The van der Waals surface area contributed by atoms with Crippen LogP contribution in [0, 0.1) is 0 Å². The summed E-state index contributed by atoms with van der Waals surface area (Å²) in [6, 6.07) is 5.37. The van der Waals surface area contributed by atoms with Crippen LogP contribution >= 0.6 is 0 Å². The Kier molecular flexibility index (Phi) is 3.04. The number of aliphatic carboxylic acids is 1. The minimum Gasteiger partial charge on any atom is -0.480 e. The average Bonchev–Trinajstić information content (AvgIpc) is 2.63. The first-order valence-corrected chi connectivity index (χ1v) is 6.90. The van der Waals surface area contributed by atoms with Crippen molar-refractivity contribution in [2.45, 2.75) is 31.7 Å². The van der Waals surface area contributed by atoms with Crippen molar-refractivity contribution in [2.24, 2.45) is 0 Å². The number of hydrogen-bond donors (Lipinski definition) is 3. The summed E-state index contributed by atoms with van der Waals surface area (Å²) in [4.78, 5) is 13.3. The lowest BCUT2D eigenvalue weighted by molar-refractivity contribution is -0.139. The summed E-state index contributed by atoms with van der Waals surface area (Å²) in [6.07, 6.45) is 3.27. The second kappa shape index (κ2) is 4.74. The van der Waals surface area contributed by atoms with Crippen molar-refractivity contribution >= 4 is 17.3 Å². The van der Waals surface area contributed by atoms with E-state index in [0.29, 0.717) is 6.42 Å². The number of allylic oxidation sites excluding steroid dienone is 1. The van der Waals surface area contributed by atoms with Gasteiger partial charge in [0.1, 0.15) is 11.9 Å². The quantitative estimate of drug-likeness (QED) is 0.679. The minimum atomic E-state index is -0.787. The molecule has 4 N–H and O–H groups in total. The molecule has 1 atom stereocenters. The van der Waals surface area contributed by atoms with E-state index in [2.05, 4.69) is 5.32 Å². The fraction of sp³-hybridized carbons (Fsp3) is 0.400. The average molecular weight is 273 g/mol. The summed E-state index contributed by atoms with van der Waals surface area (Å²) in [5, 5.41) is 12.4. The van der Waals surface area contributed by atoms with Gasteiger partial charge < -0.3 is 21.1 Å². The van der Waals surface area contributed by atoms with Gasteiger partial charge in [-0.05, 0) is 37.0 Å². The molecule has 5 nitrogen and oxygen atoms in total. The van der Waals surface area contributed by atoms with Crippen molar-refractivity contribution in [3.8, 4) is 0 Å². The van der Waals surface area contributed by atoms with Crippen molar-refractivity contribution in [3.05, 3.63) is 35.2 Å². The smallest absolute Gasteiger partial charge is 0.326 e. The fourth-order valence-electron chi connectivity index (χ4n) is 3.10. The van der Waals surface area contributed by atoms with Gasteiger partial charge in [-0.1, -0.05) is 6.07 Å². The lowest BCUT2D eigenvalue weighted by Crippen LogP contribution is -2.42. The van der Waals surface area contributed by atoms with Crippen LogP contribution in [-0.2, 0) is 11.2 Å². The largest absolute Gasteiger partial charge is 0.480 e. The topological polar surface area (TPSA) is 78.6 Å². The highest BCUT2D eigenvalue weighted by atomic mass is 16.4. The molecule has 0 spiro atoms. The van der Waals surface area contributed by atoms with Crippen LogP contribution in [0.1, 0.15) is 24.8 Å². The van der Waals surface area contributed by atoms with Gasteiger partial charge in [0.2, 0.25) is 0 Å². The van der Waals surface area contributed by atoms with E-state index in [-0.39, 0.29) is 0 Å². The summed E-state index contributed by atoms with van der Waals surface area (Å²) in [5.74, 6) is 0.151. The molecule has 2 heterocycles. The second-order valence-corrected chi connectivity index (χ2v) is 5.46. The third kappa shape index (κ3) is 1.99. The number of nitrogen functional groups attached to an aromatic ring is 1. The number of benzene rings is 1. The maximum Gasteiger partial charge on any atom is 0.326 e. The number of carboxylic acid groups (broad SMARTS) is 1. The number of nitrogens with zero attached hydrogens (tertiary/aromatic N) is 1. The lowest BCUT2D eigenvalue weighted by atomic mass is 9.94. The number of hydrogen-bond acceptors (Lipinski definition) is 4. The predicted octanol–water partition coefficient (Wildman–Crippen LogP) is 1.70. The number of carbonyl (C=O) groups is 1. The summed E-state index contributed by atoms with van der Waals surface area (Å²) < 4.78 is 0. The Hall–Kier alpha value is -2.17. The van der Waals surface area contributed by atoms with Gasteiger partial charge in [0.25, 0.3) is 0 Å². The lowest BCUT2D eigenvalue weighted by Gasteiger charge is -2.33. The number of nitrogens with one attached hydrogen (secondary N) is 1. The zero-order chi connectivity index (χ0) is 14.3. The highest BCUT2D eigenvalue weighted by molar-refractivity contribution is 5.75. The number of anilines is 2. The number of carboxylic acids is 1. The Morgan fingerprint density at radius 1 is 1.50 bits per heavy atom. The van der Waals surface area contributed by atoms with E-state index in [0.717, 1.165) is 42.0 Å². The maximum atomic E-state index is 11.3. The van der Waals surface area contributed by atoms with Gasteiger partial charge in [-0.15, -0.1) is 0 Å². The third-order valence-electron chi connectivity index (χ3n) is 4.19. The van der Waals surface area contributed by atoms with E-state index in [9.17, 15) is 9.90 Å². The molecular formula is C15H19N3O2. The highest BCUT2D eigenvalue weighted by Crippen LogP contribution is 2.37. The SMILES string of the molecule is CN1C2=C(CCCC(C(=O)O)N2)Cc2c(N)cccc21. The molecule has 0 saturated carbocycles. The fourth-order valence-corrected chi connectivity index (χ4v) is 3.10. The first kappa shape index (κ1) is 12.8.